The molecule has 5 heteroatoms. The third-order valence-electron chi connectivity index (χ3n) is 2.43. The first-order valence-electron chi connectivity index (χ1n) is 5.52. The second kappa shape index (κ2) is 5.31. The largest absolute Gasteiger partial charge is 0.436 e. The van der Waals surface area contributed by atoms with Gasteiger partial charge in [0.25, 0.3) is 5.88 Å². The zero-order valence-corrected chi connectivity index (χ0v) is 10.8. The first kappa shape index (κ1) is 12.8. The second-order valence-corrected chi connectivity index (χ2v) is 4.42. The molecule has 0 unspecified atom stereocenters. The van der Waals surface area contributed by atoms with Gasteiger partial charge in [-0.25, -0.2) is 4.98 Å². The van der Waals surface area contributed by atoms with Gasteiger partial charge in [-0.2, -0.15) is 9.37 Å². The van der Waals surface area contributed by atoms with Crippen LogP contribution in [0.2, 0.25) is 5.28 Å². The highest BCUT2D eigenvalue weighted by Gasteiger charge is 2.12. The molecule has 0 saturated heterocycles. The summed E-state index contributed by atoms with van der Waals surface area (Å²) in [6, 6.07) is 7.43. The van der Waals surface area contributed by atoms with E-state index in [2.05, 4.69) is 9.97 Å². The van der Waals surface area contributed by atoms with Crippen LogP contribution in [0.15, 0.2) is 30.5 Å². The minimum Gasteiger partial charge on any atom is -0.436 e. The number of nitrogens with zero attached hydrogens (tertiary/aromatic N) is 2. The molecule has 1 aromatic carbocycles. The molecule has 3 nitrogen and oxygen atoms in total. The number of halogens is 2. The van der Waals surface area contributed by atoms with Crippen molar-refractivity contribution in [2.45, 2.75) is 19.8 Å². The molecule has 0 radical (unpaired) electrons. The summed E-state index contributed by atoms with van der Waals surface area (Å²) >= 11 is 5.62. The smallest absolute Gasteiger partial charge is 0.260 e. The molecule has 1 aromatic heterocycles. The van der Waals surface area contributed by atoms with Crippen molar-refractivity contribution in [3.05, 3.63) is 47.1 Å². The molecule has 2 rings (SSSR count). The van der Waals surface area contributed by atoms with E-state index in [4.69, 9.17) is 16.3 Å². The first-order chi connectivity index (χ1) is 8.58. The predicted molar refractivity (Wildman–Crippen MR) is 67.6 cm³/mol. The molecule has 0 saturated carbocycles. The lowest BCUT2D eigenvalue weighted by Gasteiger charge is -2.12. The van der Waals surface area contributed by atoms with Gasteiger partial charge in [-0.05, 0) is 29.1 Å². The Balaban J connectivity index is 2.37. The zero-order valence-electron chi connectivity index (χ0n) is 10.0. The van der Waals surface area contributed by atoms with E-state index >= 15 is 0 Å². The van der Waals surface area contributed by atoms with Crippen molar-refractivity contribution in [3.63, 3.8) is 0 Å². The lowest BCUT2D eigenvalue weighted by atomic mass is 10.0. The Morgan fingerprint density at radius 3 is 2.72 bits per heavy atom. The van der Waals surface area contributed by atoms with Crippen LogP contribution >= 0.6 is 11.6 Å². The molecular weight excluding hydrogens is 255 g/mol. The van der Waals surface area contributed by atoms with E-state index in [1.807, 2.05) is 32.0 Å². The lowest BCUT2D eigenvalue weighted by molar-refractivity contribution is 0.414. The van der Waals surface area contributed by atoms with E-state index in [1.165, 1.54) is 0 Å². The summed E-state index contributed by atoms with van der Waals surface area (Å²) < 4.78 is 19.0. The standard InChI is InChI=1S/C13H12ClFN2O/c1-8(2)9-5-3-4-6-11(9)18-12-10(15)7-16-13(14)17-12/h3-8H,1-2H3. The number of hydrogen-bond donors (Lipinski definition) is 0. The Hall–Kier alpha value is -1.68. The number of hydrogen-bond acceptors (Lipinski definition) is 3. The molecule has 0 bridgehead atoms. The average Bonchev–Trinajstić information content (AvgIpc) is 2.34. The van der Waals surface area contributed by atoms with Gasteiger partial charge in [0.15, 0.2) is 0 Å². The van der Waals surface area contributed by atoms with E-state index in [-0.39, 0.29) is 17.1 Å². The minimum atomic E-state index is -0.641. The van der Waals surface area contributed by atoms with Crippen molar-refractivity contribution in [1.82, 2.24) is 9.97 Å². The van der Waals surface area contributed by atoms with Gasteiger partial charge < -0.3 is 4.74 Å². The molecule has 1 heterocycles. The predicted octanol–water partition coefficient (Wildman–Crippen LogP) is 4.18. The molecule has 0 N–H and O–H groups in total. The molecule has 94 valence electrons. The maximum atomic E-state index is 13.5. The quantitative estimate of drug-likeness (QED) is 0.782. The van der Waals surface area contributed by atoms with Crippen molar-refractivity contribution in [3.8, 4) is 11.6 Å². The van der Waals surface area contributed by atoms with Crippen LogP contribution in [0, 0.1) is 5.82 Å². The molecule has 0 fully saturated rings. The number of para-hydroxylation sites is 1. The van der Waals surface area contributed by atoms with Gasteiger partial charge in [0.1, 0.15) is 5.75 Å². The fourth-order valence-electron chi connectivity index (χ4n) is 1.56. The zero-order chi connectivity index (χ0) is 13.1. The highest BCUT2D eigenvalue weighted by atomic mass is 35.5. The van der Waals surface area contributed by atoms with Crippen LogP contribution in [0.1, 0.15) is 25.3 Å². The molecule has 0 spiro atoms. The van der Waals surface area contributed by atoms with E-state index in [0.29, 0.717) is 5.75 Å². The summed E-state index contributed by atoms with van der Waals surface area (Å²) in [5, 5.41) is -0.0478. The van der Waals surface area contributed by atoms with Gasteiger partial charge in [0.05, 0.1) is 6.20 Å². The van der Waals surface area contributed by atoms with Crippen LogP contribution in [-0.4, -0.2) is 9.97 Å². The monoisotopic (exact) mass is 266 g/mol. The Morgan fingerprint density at radius 1 is 1.28 bits per heavy atom. The van der Waals surface area contributed by atoms with Crippen LogP contribution in [0.25, 0.3) is 0 Å². The third kappa shape index (κ3) is 2.76. The highest BCUT2D eigenvalue weighted by Crippen LogP contribution is 2.30. The third-order valence-corrected chi connectivity index (χ3v) is 2.61. The van der Waals surface area contributed by atoms with E-state index < -0.39 is 5.82 Å². The van der Waals surface area contributed by atoms with E-state index in [0.717, 1.165) is 11.8 Å². The maximum Gasteiger partial charge on any atom is 0.260 e. The van der Waals surface area contributed by atoms with Gasteiger partial charge >= 0.3 is 0 Å². The van der Waals surface area contributed by atoms with Crippen LogP contribution in [0.3, 0.4) is 0 Å². The minimum absolute atomic E-state index is 0.0478. The van der Waals surface area contributed by atoms with Crippen LogP contribution in [-0.2, 0) is 0 Å². The molecule has 18 heavy (non-hydrogen) atoms. The normalized spacial score (nSPS) is 10.7. The summed E-state index contributed by atoms with van der Waals surface area (Å²) in [7, 11) is 0. The molecule has 0 atom stereocenters. The summed E-state index contributed by atoms with van der Waals surface area (Å²) in [5.41, 5.74) is 0.978. The van der Waals surface area contributed by atoms with Crippen LogP contribution in [0.4, 0.5) is 4.39 Å². The Labute approximate surface area is 110 Å². The SMILES string of the molecule is CC(C)c1ccccc1Oc1nc(Cl)ncc1F. The molecular formula is C13H12ClFN2O. The van der Waals surface area contributed by atoms with Gasteiger partial charge in [-0.1, -0.05) is 32.0 Å². The molecule has 0 aliphatic carbocycles. The van der Waals surface area contributed by atoms with E-state index in [1.54, 1.807) is 6.07 Å². The summed E-state index contributed by atoms with van der Waals surface area (Å²) in [4.78, 5) is 7.26. The average molecular weight is 267 g/mol. The fraction of sp³-hybridized carbons (Fsp3) is 0.231. The number of aromatic nitrogens is 2. The number of ether oxygens (including phenoxy) is 1. The molecule has 2 aromatic rings. The van der Waals surface area contributed by atoms with Crippen LogP contribution in [0.5, 0.6) is 11.6 Å². The van der Waals surface area contributed by atoms with Crippen molar-refractivity contribution < 1.29 is 9.13 Å². The van der Waals surface area contributed by atoms with Gasteiger partial charge in [-0.15, -0.1) is 0 Å². The van der Waals surface area contributed by atoms with Crippen molar-refractivity contribution in [1.29, 1.82) is 0 Å². The molecule has 0 amide bonds. The number of rotatable bonds is 3. The van der Waals surface area contributed by atoms with E-state index in [9.17, 15) is 4.39 Å². The summed E-state index contributed by atoms with van der Waals surface area (Å²) in [6.45, 7) is 4.07. The Bertz CT molecular complexity index is 560. The summed E-state index contributed by atoms with van der Waals surface area (Å²) in [5.74, 6) is 0.0313. The van der Waals surface area contributed by atoms with Gasteiger partial charge in [-0.3, -0.25) is 0 Å². The summed E-state index contributed by atoms with van der Waals surface area (Å²) in [6.07, 6.45) is 0.989. The fourth-order valence-corrected chi connectivity index (χ4v) is 1.68. The highest BCUT2D eigenvalue weighted by molar-refractivity contribution is 6.28. The van der Waals surface area contributed by atoms with Crippen molar-refractivity contribution in [2.24, 2.45) is 0 Å². The Morgan fingerprint density at radius 2 is 2.00 bits per heavy atom. The Kier molecular flexibility index (Phi) is 3.77. The number of benzene rings is 1. The molecule has 0 aliphatic heterocycles. The van der Waals surface area contributed by atoms with Crippen molar-refractivity contribution >= 4 is 11.6 Å². The van der Waals surface area contributed by atoms with Crippen LogP contribution < -0.4 is 4.74 Å². The lowest BCUT2D eigenvalue weighted by Crippen LogP contribution is -1.98. The van der Waals surface area contributed by atoms with Gasteiger partial charge in [0, 0.05) is 0 Å². The topological polar surface area (TPSA) is 35.0 Å². The molecule has 0 aliphatic rings. The first-order valence-corrected chi connectivity index (χ1v) is 5.90. The maximum absolute atomic E-state index is 13.5. The van der Waals surface area contributed by atoms with Crippen molar-refractivity contribution in [2.75, 3.05) is 0 Å². The van der Waals surface area contributed by atoms with Gasteiger partial charge in [0.2, 0.25) is 11.1 Å². The second-order valence-electron chi connectivity index (χ2n) is 4.09.